The van der Waals surface area contributed by atoms with Gasteiger partial charge in [0.2, 0.25) is 0 Å². The van der Waals surface area contributed by atoms with Crippen LogP contribution in [-0.2, 0) is 0 Å². The summed E-state index contributed by atoms with van der Waals surface area (Å²) in [4.78, 5) is 0. The number of rotatable bonds is 4. The molecule has 0 atom stereocenters. The molecule has 0 amide bonds. The molecule has 0 heterocycles. The molecule has 0 aliphatic heterocycles. The van der Waals surface area contributed by atoms with Crippen LogP contribution in [0.2, 0.25) is 5.02 Å². The number of para-hydroxylation sites is 1. The minimum atomic E-state index is 0.214. The number of nitrogens with two attached hydrogens (primary N) is 1. The molecule has 0 saturated heterocycles. The quantitative estimate of drug-likeness (QED) is 0.781. The van der Waals surface area contributed by atoms with Crippen LogP contribution in [0.25, 0.3) is 0 Å². The Balaban J connectivity index is 2.75. The van der Waals surface area contributed by atoms with Crippen molar-refractivity contribution < 1.29 is 0 Å². The van der Waals surface area contributed by atoms with E-state index in [9.17, 15) is 0 Å². The summed E-state index contributed by atoms with van der Waals surface area (Å²) in [6.45, 7) is 9.77. The van der Waals surface area contributed by atoms with E-state index in [1.165, 1.54) is 0 Å². The van der Waals surface area contributed by atoms with Crippen LogP contribution in [0.3, 0.4) is 0 Å². The summed E-state index contributed by atoms with van der Waals surface area (Å²) in [5.41, 5.74) is 7.64. The number of nitrogens with one attached hydrogen (secondary N) is 1. The fraction of sp³-hybridized carbons (Fsp3) is 0.538. The molecule has 0 bridgehead atoms. The molecule has 0 unspecified atom stereocenters. The zero-order valence-corrected chi connectivity index (χ0v) is 11.2. The van der Waals surface area contributed by atoms with Crippen molar-refractivity contribution in [1.29, 1.82) is 0 Å². The van der Waals surface area contributed by atoms with Crippen LogP contribution < -0.4 is 11.1 Å². The Labute approximate surface area is 103 Å². The van der Waals surface area contributed by atoms with Crippen LogP contribution in [-0.4, -0.2) is 6.54 Å². The van der Waals surface area contributed by atoms with Crippen LogP contribution >= 0.6 is 11.6 Å². The van der Waals surface area contributed by atoms with Crippen molar-refractivity contribution in [3.63, 3.8) is 0 Å². The SMILES string of the molecule is CC(C)C(C)(C)CNc1c(N)cccc1Cl. The van der Waals surface area contributed by atoms with Gasteiger partial charge in [0.1, 0.15) is 0 Å². The number of halogens is 1. The number of anilines is 2. The normalized spacial score (nSPS) is 11.9. The van der Waals surface area contributed by atoms with Crippen molar-refractivity contribution in [2.24, 2.45) is 11.3 Å². The highest BCUT2D eigenvalue weighted by Gasteiger charge is 2.22. The fourth-order valence-corrected chi connectivity index (χ4v) is 1.50. The summed E-state index contributed by atoms with van der Waals surface area (Å²) in [7, 11) is 0. The summed E-state index contributed by atoms with van der Waals surface area (Å²) in [6, 6.07) is 5.57. The van der Waals surface area contributed by atoms with E-state index in [0.29, 0.717) is 16.6 Å². The molecule has 0 aromatic heterocycles. The summed E-state index contributed by atoms with van der Waals surface area (Å²) < 4.78 is 0. The molecule has 0 aliphatic rings. The third-order valence-corrected chi connectivity index (χ3v) is 3.64. The van der Waals surface area contributed by atoms with E-state index in [4.69, 9.17) is 17.3 Å². The zero-order valence-electron chi connectivity index (χ0n) is 10.5. The first kappa shape index (κ1) is 13.2. The van der Waals surface area contributed by atoms with Gasteiger partial charge in [-0.3, -0.25) is 0 Å². The minimum absolute atomic E-state index is 0.214. The van der Waals surface area contributed by atoms with Crippen LogP contribution in [0.5, 0.6) is 0 Å². The van der Waals surface area contributed by atoms with E-state index >= 15 is 0 Å². The first-order chi connectivity index (χ1) is 7.34. The molecule has 0 aliphatic carbocycles. The summed E-state index contributed by atoms with van der Waals surface area (Å²) >= 11 is 6.10. The number of hydrogen-bond donors (Lipinski definition) is 2. The van der Waals surface area contributed by atoms with Gasteiger partial charge in [0, 0.05) is 6.54 Å². The van der Waals surface area contributed by atoms with Crippen LogP contribution in [0.1, 0.15) is 27.7 Å². The molecule has 1 aromatic rings. The highest BCUT2D eigenvalue weighted by atomic mass is 35.5. The third kappa shape index (κ3) is 3.05. The lowest BCUT2D eigenvalue weighted by molar-refractivity contribution is 0.270. The molecule has 0 saturated carbocycles. The van der Waals surface area contributed by atoms with Crippen molar-refractivity contribution >= 4 is 23.0 Å². The third-order valence-electron chi connectivity index (χ3n) is 3.33. The Kier molecular flexibility index (Phi) is 4.09. The summed E-state index contributed by atoms with van der Waals surface area (Å²) in [6.07, 6.45) is 0. The molecule has 3 heteroatoms. The largest absolute Gasteiger partial charge is 0.397 e. The Morgan fingerprint density at radius 3 is 2.50 bits per heavy atom. The average Bonchev–Trinajstić information content (AvgIpc) is 2.16. The molecule has 1 aromatic carbocycles. The average molecular weight is 241 g/mol. The Bertz CT molecular complexity index is 339. The van der Waals surface area contributed by atoms with Gasteiger partial charge in [0.25, 0.3) is 0 Å². The van der Waals surface area contributed by atoms with Gasteiger partial charge in [0.15, 0.2) is 0 Å². The monoisotopic (exact) mass is 240 g/mol. The van der Waals surface area contributed by atoms with Crippen LogP contribution in [0, 0.1) is 11.3 Å². The van der Waals surface area contributed by atoms with Gasteiger partial charge in [-0.25, -0.2) is 0 Å². The first-order valence-electron chi connectivity index (χ1n) is 5.62. The predicted molar refractivity (Wildman–Crippen MR) is 73.0 cm³/mol. The van der Waals surface area contributed by atoms with E-state index in [1.54, 1.807) is 0 Å². The Morgan fingerprint density at radius 2 is 2.00 bits per heavy atom. The van der Waals surface area contributed by atoms with E-state index < -0.39 is 0 Å². The number of nitrogen functional groups attached to an aromatic ring is 1. The maximum atomic E-state index is 6.10. The van der Waals surface area contributed by atoms with Crippen molar-refractivity contribution in [3.05, 3.63) is 23.2 Å². The number of benzene rings is 1. The van der Waals surface area contributed by atoms with Gasteiger partial charge < -0.3 is 11.1 Å². The highest BCUT2D eigenvalue weighted by Crippen LogP contribution is 2.31. The molecule has 3 N–H and O–H groups in total. The summed E-state index contributed by atoms with van der Waals surface area (Å²) in [5.74, 6) is 0.601. The van der Waals surface area contributed by atoms with E-state index in [0.717, 1.165) is 12.2 Å². The molecule has 0 spiro atoms. The van der Waals surface area contributed by atoms with Gasteiger partial charge >= 0.3 is 0 Å². The van der Waals surface area contributed by atoms with Crippen molar-refractivity contribution in [2.75, 3.05) is 17.6 Å². The highest BCUT2D eigenvalue weighted by molar-refractivity contribution is 6.33. The number of hydrogen-bond acceptors (Lipinski definition) is 2. The molecular formula is C13H21ClN2. The molecular weight excluding hydrogens is 220 g/mol. The molecule has 2 nitrogen and oxygen atoms in total. The maximum absolute atomic E-state index is 6.10. The van der Waals surface area contributed by atoms with Gasteiger partial charge in [-0.2, -0.15) is 0 Å². The first-order valence-corrected chi connectivity index (χ1v) is 6.00. The topological polar surface area (TPSA) is 38.0 Å². The van der Waals surface area contributed by atoms with Gasteiger partial charge in [-0.15, -0.1) is 0 Å². The van der Waals surface area contributed by atoms with Crippen molar-refractivity contribution in [3.8, 4) is 0 Å². The van der Waals surface area contributed by atoms with Gasteiger partial charge in [0.05, 0.1) is 16.4 Å². The lowest BCUT2D eigenvalue weighted by Crippen LogP contribution is -2.28. The Morgan fingerprint density at radius 1 is 1.38 bits per heavy atom. The van der Waals surface area contributed by atoms with E-state index in [2.05, 4.69) is 33.0 Å². The lowest BCUT2D eigenvalue weighted by atomic mass is 9.81. The van der Waals surface area contributed by atoms with E-state index in [-0.39, 0.29) is 5.41 Å². The van der Waals surface area contributed by atoms with Crippen molar-refractivity contribution in [1.82, 2.24) is 0 Å². The van der Waals surface area contributed by atoms with E-state index in [1.807, 2.05) is 18.2 Å². The predicted octanol–water partition coefficient (Wildman–Crippen LogP) is 4.02. The standard InChI is InChI=1S/C13H21ClN2/c1-9(2)13(3,4)8-16-12-10(14)6-5-7-11(12)15/h5-7,9,16H,8,15H2,1-4H3. The fourth-order valence-electron chi connectivity index (χ4n) is 1.25. The molecule has 1 rings (SSSR count). The Hall–Kier alpha value is -0.890. The molecule has 0 radical (unpaired) electrons. The summed E-state index contributed by atoms with van der Waals surface area (Å²) in [5, 5.41) is 4.03. The second kappa shape index (κ2) is 4.96. The second-order valence-corrected chi connectivity index (χ2v) is 5.61. The van der Waals surface area contributed by atoms with Crippen molar-refractivity contribution in [2.45, 2.75) is 27.7 Å². The minimum Gasteiger partial charge on any atom is -0.397 e. The maximum Gasteiger partial charge on any atom is 0.0763 e. The van der Waals surface area contributed by atoms with Crippen LogP contribution in [0.15, 0.2) is 18.2 Å². The smallest absolute Gasteiger partial charge is 0.0763 e. The molecule has 90 valence electrons. The second-order valence-electron chi connectivity index (χ2n) is 5.20. The molecule has 0 fully saturated rings. The lowest BCUT2D eigenvalue weighted by Gasteiger charge is -2.30. The molecule has 16 heavy (non-hydrogen) atoms. The van der Waals surface area contributed by atoms with Gasteiger partial charge in [-0.1, -0.05) is 45.4 Å². The van der Waals surface area contributed by atoms with Gasteiger partial charge in [-0.05, 0) is 23.5 Å². The van der Waals surface area contributed by atoms with Crippen LogP contribution in [0.4, 0.5) is 11.4 Å². The zero-order chi connectivity index (χ0) is 12.3.